The van der Waals surface area contributed by atoms with Crippen LogP contribution in [0, 0.1) is 6.92 Å². The molecular formula is C15H19ClN2O. The van der Waals surface area contributed by atoms with Crippen molar-refractivity contribution in [3.05, 3.63) is 40.5 Å². The first kappa shape index (κ1) is 14.1. The van der Waals surface area contributed by atoms with Gasteiger partial charge in [0.15, 0.2) is 5.76 Å². The molecule has 0 bridgehead atoms. The van der Waals surface area contributed by atoms with Gasteiger partial charge in [-0.15, -0.1) is 0 Å². The number of nitrogens with one attached hydrogen (secondary N) is 1. The molecule has 1 aromatic heterocycles. The molecule has 102 valence electrons. The van der Waals surface area contributed by atoms with Gasteiger partial charge in [-0.2, -0.15) is 0 Å². The van der Waals surface area contributed by atoms with E-state index in [0.29, 0.717) is 6.54 Å². The van der Waals surface area contributed by atoms with Crippen molar-refractivity contribution in [2.24, 2.45) is 0 Å². The number of benzene rings is 1. The lowest BCUT2D eigenvalue weighted by atomic mass is 10.1. The smallest absolute Gasteiger partial charge is 0.170 e. The minimum atomic E-state index is 0.0613. The van der Waals surface area contributed by atoms with E-state index >= 15 is 0 Å². The Balaban J connectivity index is 2.20. The molecule has 0 saturated heterocycles. The van der Waals surface area contributed by atoms with Gasteiger partial charge in [-0.25, -0.2) is 0 Å². The molecule has 3 nitrogen and oxygen atoms in total. The van der Waals surface area contributed by atoms with Crippen molar-refractivity contribution in [1.29, 1.82) is 0 Å². The van der Waals surface area contributed by atoms with E-state index in [-0.39, 0.29) is 5.54 Å². The molecule has 0 atom stereocenters. The molecule has 2 aromatic rings. The van der Waals surface area contributed by atoms with Crippen molar-refractivity contribution in [2.75, 3.05) is 0 Å². The summed E-state index contributed by atoms with van der Waals surface area (Å²) in [6.45, 7) is 9.11. The Morgan fingerprint density at radius 1 is 1.21 bits per heavy atom. The highest BCUT2D eigenvalue weighted by molar-refractivity contribution is 6.30. The summed E-state index contributed by atoms with van der Waals surface area (Å²) in [5.74, 6) is 0.808. The number of aromatic nitrogens is 1. The molecule has 0 unspecified atom stereocenters. The second-order valence-corrected chi connectivity index (χ2v) is 6.13. The molecule has 19 heavy (non-hydrogen) atoms. The Morgan fingerprint density at radius 2 is 1.84 bits per heavy atom. The lowest BCUT2D eigenvalue weighted by molar-refractivity contribution is 0.392. The van der Waals surface area contributed by atoms with Crippen molar-refractivity contribution in [2.45, 2.75) is 39.8 Å². The first-order valence-corrected chi connectivity index (χ1v) is 6.71. The van der Waals surface area contributed by atoms with Gasteiger partial charge < -0.3 is 9.84 Å². The van der Waals surface area contributed by atoms with Crippen molar-refractivity contribution >= 4 is 11.6 Å². The molecule has 0 aliphatic rings. The van der Waals surface area contributed by atoms with E-state index in [1.54, 1.807) is 0 Å². The maximum Gasteiger partial charge on any atom is 0.170 e. The van der Waals surface area contributed by atoms with Crippen LogP contribution in [0.15, 0.2) is 28.8 Å². The van der Waals surface area contributed by atoms with Crippen LogP contribution in [0.4, 0.5) is 0 Å². The van der Waals surface area contributed by atoms with Gasteiger partial charge in [0.25, 0.3) is 0 Å². The highest BCUT2D eigenvalue weighted by Crippen LogP contribution is 2.27. The van der Waals surface area contributed by atoms with Crippen LogP contribution in [-0.4, -0.2) is 10.7 Å². The fourth-order valence-electron chi connectivity index (χ4n) is 1.75. The topological polar surface area (TPSA) is 38.1 Å². The third-order valence-electron chi connectivity index (χ3n) is 2.91. The van der Waals surface area contributed by atoms with Gasteiger partial charge in [0.1, 0.15) is 5.69 Å². The predicted octanol–water partition coefficient (Wildman–Crippen LogP) is 4.19. The van der Waals surface area contributed by atoms with Crippen LogP contribution in [0.2, 0.25) is 5.02 Å². The van der Waals surface area contributed by atoms with Crippen LogP contribution in [0.25, 0.3) is 11.3 Å². The Morgan fingerprint density at radius 3 is 2.42 bits per heavy atom. The van der Waals surface area contributed by atoms with Gasteiger partial charge in [-0.3, -0.25) is 0 Å². The number of hydrogen-bond donors (Lipinski definition) is 1. The standard InChI is InChI=1S/C15H19ClN2O/c1-10-13(9-17-15(2,3)4)18-19-14(10)11-5-7-12(16)8-6-11/h5-8,17H,9H2,1-4H3. The van der Waals surface area contributed by atoms with E-state index < -0.39 is 0 Å². The normalized spacial score (nSPS) is 11.8. The summed E-state index contributed by atoms with van der Waals surface area (Å²) >= 11 is 5.89. The van der Waals surface area contributed by atoms with Crippen LogP contribution < -0.4 is 5.32 Å². The molecule has 0 radical (unpaired) electrons. The average molecular weight is 279 g/mol. The number of nitrogens with zero attached hydrogens (tertiary/aromatic N) is 1. The predicted molar refractivity (Wildman–Crippen MR) is 78.3 cm³/mol. The van der Waals surface area contributed by atoms with Crippen LogP contribution in [0.5, 0.6) is 0 Å². The third kappa shape index (κ3) is 3.58. The van der Waals surface area contributed by atoms with Crippen molar-refractivity contribution < 1.29 is 4.52 Å². The van der Waals surface area contributed by atoms with E-state index in [0.717, 1.165) is 27.6 Å². The van der Waals surface area contributed by atoms with Gasteiger partial charge in [0.05, 0.1) is 0 Å². The summed E-state index contributed by atoms with van der Waals surface area (Å²) in [5.41, 5.74) is 3.07. The van der Waals surface area contributed by atoms with Crippen LogP contribution in [0.3, 0.4) is 0 Å². The Bertz CT molecular complexity index is 553. The third-order valence-corrected chi connectivity index (χ3v) is 3.17. The van der Waals surface area contributed by atoms with Crippen molar-refractivity contribution in [3.63, 3.8) is 0 Å². The second kappa shape index (κ2) is 5.35. The lowest BCUT2D eigenvalue weighted by Gasteiger charge is -2.19. The lowest BCUT2D eigenvalue weighted by Crippen LogP contribution is -2.35. The summed E-state index contributed by atoms with van der Waals surface area (Å²) in [7, 11) is 0. The van der Waals surface area contributed by atoms with Crippen molar-refractivity contribution in [1.82, 2.24) is 10.5 Å². The van der Waals surface area contributed by atoms with Gasteiger partial charge in [-0.1, -0.05) is 16.8 Å². The highest BCUT2D eigenvalue weighted by atomic mass is 35.5. The zero-order valence-corrected chi connectivity index (χ0v) is 12.5. The fourth-order valence-corrected chi connectivity index (χ4v) is 1.88. The average Bonchev–Trinajstić information content (AvgIpc) is 2.68. The summed E-state index contributed by atoms with van der Waals surface area (Å²) in [6.07, 6.45) is 0. The molecule has 1 heterocycles. The minimum Gasteiger partial charge on any atom is -0.356 e. The highest BCUT2D eigenvalue weighted by Gasteiger charge is 2.16. The molecule has 0 aliphatic carbocycles. The molecule has 0 saturated carbocycles. The summed E-state index contributed by atoms with van der Waals surface area (Å²) in [4.78, 5) is 0. The molecule has 0 fully saturated rings. The van der Waals surface area contributed by atoms with Gasteiger partial charge in [-0.05, 0) is 52.0 Å². The fraction of sp³-hybridized carbons (Fsp3) is 0.400. The Labute approximate surface area is 118 Å². The summed E-state index contributed by atoms with van der Waals surface area (Å²) in [5, 5.41) is 8.27. The molecule has 0 amide bonds. The first-order chi connectivity index (χ1) is 8.87. The van der Waals surface area contributed by atoms with Gasteiger partial charge in [0.2, 0.25) is 0 Å². The van der Waals surface area contributed by atoms with E-state index in [4.69, 9.17) is 16.1 Å². The zero-order chi connectivity index (χ0) is 14.0. The maximum atomic E-state index is 5.89. The largest absolute Gasteiger partial charge is 0.356 e. The van der Waals surface area contributed by atoms with Gasteiger partial charge in [0, 0.05) is 28.2 Å². The number of halogens is 1. The molecule has 1 N–H and O–H groups in total. The molecular weight excluding hydrogens is 260 g/mol. The van der Waals surface area contributed by atoms with Gasteiger partial charge >= 0.3 is 0 Å². The van der Waals surface area contributed by atoms with Crippen LogP contribution in [0.1, 0.15) is 32.0 Å². The van der Waals surface area contributed by atoms with Crippen LogP contribution >= 0.6 is 11.6 Å². The van der Waals surface area contributed by atoms with E-state index in [1.807, 2.05) is 31.2 Å². The Kier molecular flexibility index (Phi) is 3.97. The molecule has 0 spiro atoms. The van der Waals surface area contributed by atoms with E-state index in [1.165, 1.54) is 0 Å². The molecule has 4 heteroatoms. The SMILES string of the molecule is Cc1c(CNC(C)(C)C)noc1-c1ccc(Cl)cc1. The first-order valence-electron chi connectivity index (χ1n) is 6.33. The maximum absolute atomic E-state index is 5.89. The summed E-state index contributed by atoms with van der Waals surface area (Å²) < 4.78 is 5.45. The second-order valence-electron chi connectivity index (χ2n) is 5.69. The minimum absolute atomic E-state index is 0.0613. The van der Waals surface area contributed by atoms with Crippen molar-refractivity contribution in [3.8, 4) is 11.3 Å². The molecule has 0 aliphatic heterocycles. The molecule has 1 aromatic carbocycles. The van der Waals surface area contributed by atoms with E-state index in [2.05, 4.69) is 31.2 Å². The summed E-state index contributed by atoms with van der Waals surface area (Å²) in [6, 6.07) is 7.59. The van der Waals surface area contributed by atoms with Crippen LogP contribution in [-0.2, 0) is 6.54 Å². The molecule has 2 rings (SSSR count). The zero-order valence-electron chi connectivity index (χ0n) is 11.7. The number of hydrogen-bond acceptors (Lipinski definition) is 3. The Hall–Kier alpha value is -1.32. The number of rotatable bonds is 3. The van der Waals surface area contributed by atoms with E-state index in [9.17, 15) is 0 Å². The quantitative estimate of drug-likeness (QED) is 0.915. The monoisotopic (exact) mass is 278 g/mol.